The highest BCUT2D eigenvalue weighted by Crippen LogP contribution is 2.36. The molecule has 0 unspecified atom stereocenters. The predicted molar refractivity (Wildman–Crippen MR) is 74.6 cm³/mol. The minimum Gasteiger partial charge on any atom is -0.353 e. The Morgan fingerprint density at radius 3 is 2.76 bits per heavy atom. The molecule has 1 aliphatic rings. The van der Waals surface area contributed by atoms with Crippen molar-refractivity contribution < 1.29 is 0 Å². The zero-order valence-corrected chi connectivity index (χ0v) is 12.5. The second-order valence-electron chi connectivity index (χ2n) is 4.91. The molecule has 0 aromatic carbocycles. The largest absolute Gasteiger partial charge is 0.353 e. The lowest BCUT2D eigenvalue weighted by molar-refractivity contribution is 0.568. The molecule has 1 aliphatic carbocycles. The first kappa shape index (κ1) is 13.1. The molecule has 1 aromatic heterocycles. The summed E-state index contributed by atoms with van der Waals surface area (Å²) >= 11 is 9.51. The van der Waals surface area contributed by atoms with Crippen LogP contribution in [-0.2, 0) is 0 Å². The monoisotopic (exact) mass is 317 g/mol. The van der Waals surface area contributed by atoms with Gasteiger partial charge in [0, 0.05) is 12.6 Å². The van der Waals surface area contributed by atoms with Crippen LogP contribution in [0.25, 0.3) is 0 Å². The molecule has 0 bridgehead atoms. The fourth-order valence-electron chi connectivity index (χ4n) is 1.78. The minimum atomic E-state index is 0.491. The van der Waals surface area contributed by atoms with Crippen molar-refractivity contribution in [1.29, 1.82) is 0 Å². The number of halogens is 2. The molecule has 94 valence electrons. The van der Waals surface area contributed by atoms with E-state index in [1.54, 1.807) is 0 Å². The number of hydrogen-bond acceptors (Lipinski definition) is 3. The number of aromatic nitrogens is 2. The van der Waals surface area contributed by atoms with Crippen LogP contribution >= 0.6 is 27.5 Å². The maximum Gasteiger partial charge on any atom is 0.148 e. The Kier molecular flexibility index (Phi) is 4.26. The summed E-state index contributed by atoms with van der Waals surface area (Å²) in [6.07, 6.45) is 5.22. The van der Waals surface area contributed by atoms with E-state index in [2.05, 4.69) is 44.6 Å². The minimum absolute atomic E-state index is 0.491. The molecule has 0 N–H and O–H groups in total. The molecule has 1 fully saturated rings. The molecule has 2 rings (SSSR count). The lowest BCUT2D eigenvalue weighted by Gasteiger charge is -2.25. The molecule has 3 nitrogen and oxygen atoms in total. The van der Waals surface area contributed by atoms with Gasteiger partial charge in [0.25, 0.3) is 0 Å². The SMILES string of the molecule is CC(C)CCN(c1ncnc(Cl)c1Br)C1CC1. The van der Waals surface area contributed by atoms with Crippen molar-refractivity contribution >= 4 is 33.3 Å². The van der Waals surface area contributed by atoms with Crippen LogP contribution in [0.4, 0.5) is 5.82 Å². The van der Waals surface area contributed by atoms with Crippen LogP contribution < -0.4 is 4.90 Å². The Morgan fingerprint density at radius 1 is 1.47 bits per heavy atom. The third-order valence-electron chi connectivity index (χ3n) is 2.94. The van der Waals surface area contributed by atoms with Gasteiger partial charge in [-0.15, -0.1) is 0 Å². The molecule has 0 radical (unpaired) electrons. The highest BCUT2D eigenvalue weighted by molar-refractivity contribution is 9.10. The average molecular weight is 319 g/mol. The van der Waals surface area contributed by atoms with Gasteiger partial charge < -0.3 is 4.90 Å². The van der Waals surface area contributed by atoms with E-state index in [9.17, 15) is 0 Å². The first-order chi connectivity index (χ1) is 8.09. The van der Waals surface area contributed by atoms with Crippen LogP contribution in [0.5, 0.6) is 0 Å². The lowest BCUT2D eigenvalue weighted by atomic mass is 10.1. The summed E-state index contributed by atoms with van der Waals surface area (Å²) in [7, 11) is 0. The van der Waals surface area contributed by atoms with Crippen molar-refractivity contribution in [2.45, 2.75) is 39.2 Å². The summed E-state index contributed by atoms with van der Waals surface area (Å²) in [6.45, 7) is 5.52. The van der Waals surface area contributed by atoms with E-state index in [-0.39, 0.29) is 0 Å². The fraction of sp³-hybridized carbons (Fsp3) is 0.667. The van der Waals surface area contributed by atoms with Crippen molar-refractivity contribution in [2.75, 3.05) is 11.4 Å². The van der Waals surface area contributed by atoms with Gasteiger partial charge in [0.05, 0.1) is 4.47 Å². The third-order valence-corrected chi connectivity index (χ3v) is 4.18. The molecule has 0 atom stereocenters. The Morgan fingerprint density at radius 2 is 2.18 bits per heavy atom. The van der Waals surface area contributed by atoms with Crippen molar-refractivity contribution in [2.24, 2.45) is 5.92 Å². The highest BCUT2D eigenvalue weighted by atomic mass is 79.9. The summed E-state index contributed by atoms with van der Waals surface area (Å²) < 4.78 is 0.817. The van der Waals surface area contributed by atoms with Crippen molar-refractivity contribution in [1.82, 2.24) is 9.97 Å². The molecule has 1 aromatic rings. The van der Waals surface area contributed by atoms with E-state index in [4.69, 9.17) is 11.6 Å². The van der Waals surface area contributed by atoms with Crippen LogP contribution in [-0.4, -0.2) is 22.6 Å². The van der Waals surface area contributed by atoms with Gasteiger partial charge in [0.1, 0.15) is 17.3 Å². The van der Waals surface area contributed by atoms with E-state index in [1.165, 1.54) is 25.6 Å². The topological polar surface area (TPSA) is 29.0 Å². The normalized spacial score (nSPS) is 15.4. The highest BCUT2D eigenvalue weighted by Gasteiger charge is 2.31. The van der Waals surface area contributed by atoms with Crippen molar-refractivity contribution in [3.8, 4) is 0 Å². The van der Waals surface area contributed by atoms with E-state index in [0.29, 0.717) is 17.1 Å². The van der Waals surface area contributed by atoms with Gasteiger partial charge in [-0.05, 0) is 41.1 Å². The predicted octanol–water partition coefficient (Wildman–Crippen LogP) is 3.91. The fourth-order valence-corrected chi connectivity index (χ4v) is 2.35. The van der Waals surface area contributed by atoms with Gasteiger partial charge in [0.2, 0.25) is 0 Å². The molecule has 17 heavy (non-hydrogen) atoms. The van der Waals surface area contributed by atoms with Gasteiger partial charge in [-0.2, -0.15) is 0 Å². The number of rotatable bonds is 5. The standard InChI is InChI=1S/C12H17BrClN3/c1-8(2)5-6-17(9-3-4-9)12-10(13)11(14)15-7-16-12/h7-9H,3-6H2,1-2H3. The van der Waals surface area contributed by atoms with Gasteiger partial charge in [0.15, 0.2) is 0 Å². The second-order valence-corrected chi connectivity index (χ2v) is 6.06. The van der Waals surface area contributed by atoms with Gasteiger partial charge in [-0.1, -0.05) is 25.4 Å². The summed E-state index contributed by atoms with van der Waals surface area (Å²) in [4.78, 5) is 10.7. The number of anilines is 1. The second kappa shape index (κ2) is 5.53. The van der Waals surface area contributed by atoms with Crippen LogP contribution in [0, 0.1) is 5.92 Å². The van der Waals surface area contributed by atoms with E-state index in [0.717, 1.165) is 16.8 Å². The summed E-state index contributed by atoms with van der Waals surface area (Å²) in [5.74, 6) is 1.64. The Balaban J connectivity index is 2.17. The molecule has 5 heteroatoms. The molecular formula is C12H17BrClN3. The van der Waals surface area contributed by atoms with E-state index >= 15 is 0 Å². The van der Waals surface area contributed by atoms with Crippen molar-refractivity contribution in [3.63, 3.8) is 0 Å². The first-order valence-corrected chi connectivity index (χ1v) is 7.19. The molecule has 1 saturated carbocycles. The van der Waals surface area contributed by atoms with Crippen LogP contribution in [0.2, 0.25) is 5.15 Å². The summed E-state index contributed by atoms with van der Waals surface area (Å²) in [5, 5.41) is 0.491. The first-order valence-electron chi connectivity index (χ1n) is 6.02. The van der Waals surface area contributed by atoms with Crippen LogP contribution in [0.15, 0.2) is 10.8 Å². The molecule has 1 heterocycles. The van der Waals surface area contributed by atoms with Gasteiger partial charge >= 0.3 is 0 Å². The van der Waals surface area contributed by atoms with Crippen LogP contribution in [0.1, 0.15) is 33.1 Å². The van der Waals surface area contributed by atoms with Crippen LogP contribution in [0.3, 0.4) is 0 Å². The van der Waals surface area contributed by atoms with E-state index < -0.39 is 0 Å². The van der Waals surface area contributed by atoms with Crippen molar-refractivity contribution in [3.05, 3.63) is 16.0 Å². The smallest absolute Gasteiger partial charge is 0.148 e. The Bertz CT molecular complexity index is 393. The molecule has 0 saturated heterocycles. The number of nitrogens with zero attached hydrogens (tertiary/aromatic N) is 3. The maximum atomic E-state index is 6.02. The Hall–Kier alpha value is -0.350. The Labute approximate surface area is 116 Å². The molecular weight excluding hydrogens is 302 g/mol. The quantitative estimate of drug-likeness (QED) is 0.771. The zero-order chi connectivity index (χ0) is 12.4. The summed E-state index contributed by atoms with van der Waals surface area (Å²) in [5.41, 5.74) is 0. The summed E-state index contributed by atoms with van der Waals surface area (Å²) in [6, 6.07) is 0.635. The van der Waals surface area contributed by atoms with E-state index in [1.807, 2.05) is 0 Å². The molecule has 0 aliphatic heterocycles. The lowest BCUT2D eigenvalue weighted by Crippen LogP contribution is -2.29. The third kappa shape index (κ3) is 3.32. The molecule has 0 amide bonds. The zero-order valence-electron chi connectivity index (χ0n) is 10.2. The number of hydrogen-bond donors (Lipinski definition) is 0. The maximum absolute atomic E-state index is 6.02. The van der Waals surface area contributed by atoms with Gasteiger partial charge in [-0.25, -0.2) is 9.97 Å². The molecule has 0 spiro atoms. The van der Waals surface area contributed by atoms with Gasteiger partial charge in [-0.3, -0.25) is 0 Å². The average Bonchev–Trinajstić information content (AvgIpc) is 3.08.